The van der Waals surface area contributed by atoms with E-state index in [-0.39, 0.29) is 0 Å². The van der Waals surface area contributed by atoms with E-state index in [0.717, 1.165) is 50.2 Å². The van der Waals surface area contributed by atoms with Gasteiger partial charge < -0.3 is 25.4 Å². The molecule has 188 valence electrons. The van der Waals surface area contributed by atoms with Crippen LogP contribution in [0.1, 0.15) is 38.5 Å². The number of methoxy groups -OCH3 is 1. The summed E-state index contributed by atoms with van der Waals surface area (Å²) in [4.78, 5) is 13.3. The molecule has 1 aliphatic carbocycles. The van der Waals surface area contributed by atoms with E-state index in [0.29, 0.717) is 61.2 Å². The molecule has 2 aromatic heterocycles. The third kappa shape index (κ3) is 7.01. The number of hydrogen-bond donors (Lipinski definition) is 3. The fraction of sp³-hybridized carbons (Fsp3) is 0.600. The lowest BCUT2D eigenvalue weighted by atomic mass is 9.82. The van der Waals surface area contributed by atoms with Crippen molar-refractivity contribution in [3.05, 3.63) is 29.7 Å². The summed E-state index contributed by atoms with van der Waals surface area (Å²) in [5.41, 5.74) is 1.07. The van der Waals surface area contributed by atoms with E-state index in [4.69, 9.17) is 21.1 Å². The maximum atomic E-state index is 9.70. The highest BCUT2D eigenvalue weighted by Gasteiger charge is 2.32. The van der Waals surface area contributed by atoms with Gasteiger partial charge in [0.15, 0.2) is 0 Å². The molecule has 0 aromatic carbocycles. The molecule has 1 saturated carbocycles. The number of pyridine rings is 1. The second kappa shape index (κ2) is 12.5. The van der Waals surface area contributed by atoms with Gasteiger partial charge in [0.2, 0.25) is 0 Å². The summed E-state index contributed by atoms with van der Waals surface area (Å²) in [6.45, 7) is 3.37. The minimum Gasteiger partial charge on any atom is -0.383 e. The smallest absolute Gasteiger partial charge is 0.130 e. The maximum Gasteiger partial charge on any atom is 0.130 e. The molecule has 3 N–H and O–H groups in total. The highest BCUT2D eigenvalue weighted by Crippen LogP contribution is 2.32. The zero-order chi connectivity index (χ0) is 24.5. The first-order valence-corrected chi connectivity index (χ1v) is 12.7. The van der Waals surface area contributed by atoms with Crippen molar-refractivity contribution in [1.29, 1.82) is 5.26 Å². The molecule has 1 aliphatic heterocycles. The van der Waals surface area contributed by atoms with Crippen LogP contribution in [0.4, 0.5) is 11.6 Å². The molecule has 0 radical (unpaired) electrons. The van der Waals surface area contributed by atoms with Crippen LogP contribution in [-0.4, -0.2) is 67.1 Å². The lowest BCUT2D eigenvalue weighted by molar-refractivity contribution is 0.0455. The average molecular weight is 500 g/mol. The van der Waals surface area contributed by atoms with Crippen LogP contribution < -0.4 is 16.0 Å². The monoisotopic (exact) mass is 499 g/mol. The Morgan fingerprint density at radius 1 is 1.11 bits per heavy atom. The Hall–Kier alpha value is -2.51. The third-order valence-electron chi connectivity index (χ3n) is 6.91. The van der Waals surface area contributed by atoms with Crippen LogP contribution >= 0.6 is 11.6 Å². The molecule has 2 fully saturated rings. The van der Waals surface area contributed by atoms with Gasteiger partial charge in [0, 0.05) is 63.3 Å². The topological polar surface area (TPSA) is 117 Å². The molecule has 0 amide bonds. The quantitative estimate of drug-likeness (QED) is 0.418. The second-order valence-electron chi connectivity index (χ2n) is 9.34. The molecular weight excluding hydrogens is 466 g/mol. The maximum absolute atomic E-state index is 9.70. The minimum absolute atomic E-state index is 0.376. The van der Waals surface area contributed by atoms with E-state index in [1.807, 2.05) is 12.1 Å². The number of halogens is 1. The molecule has 1 saturated heterocycles. The van der Waals surface area contributed by atoms with E-state index >= 15 is 0 Å². The standard InChI is InChI=1S/C25H34ClN7O2/c1-34-11-8-28-18-2-4-19(5-3-18)33-24-12-20(21(26)14-29-24)22-13-23(32-17-31-22)30-16-25(15-27)6-9-35-10-7-25/h12-14,17-19,28H,2-11,16H2,1H3,(H,29,33)(H,30,31,32). The lowest BCUT2D eigenvalue weighted by Gasteiger charge is -2.30. The molecule has 2 aromatic rings. The Bertz CT molecular complexity index is 1000. The first kappa shape index (κ1) is 25.6. The van der Waals surface area contributed by atoms with Gasteiger partial charge in [-0.25, -0.2) is 15.0 Å². The largest absolute Gasteiger partial charge is 0.383 e. The molecule has 0 atom stereocenters. The van der Waals surface area contributed by atoms with Gasteiger partial charge in [-0.05, 0) is 44.6 Å². The van der Waals surface area contributed by atoms with E-state index < -0.39 is 5.41 Å². The normalized spacial score (nSPS) is 21.7. The Labute approximate surface area is 212 Å². The van der Waals surface area contributed by atoms with Crippen LogP contribution in [0.3, 0.4) is 0 Å². The van der Waals surface area contributed by atoms with E-state index in [9.17, 15) is 5.26 Å². The lowest BCUT2D eigenvalue weighted by Crippen LogP contribution is -2.38. The molecule has 4 rings (SSSR count). The molecular formula is C25H34ClN7O2. The predicted octanol–water partition coefficient (Wildman–Crippen LogP) is 3.88. The van der Waals surface area contributed by atoms with Crippen molar-refractivity contribution in [2.75, 3.05) is 50.7 Å². The van der Waals surface area contributed by atoms with Crippen molar-refractivity contribution in [1.82, 2.24) is 20.3 Å². The van der Waals surface area contributed by atoms with Crippen LogP contribution in [-0.2, 0) is 9.47 Å². The minimum atomic E-state index is -0.437. The Morgan fingerprint density at radius 3 is 2.63 bits per heavy atom. The number of nitrogens with one attached hydrogen (secondary N) is 3. The zero-order valence-corrected chi connectivity index (χ0v) is 21.0. The van der Waals surface area contributed by atoms with Crippen molar-refractivity contribution < 1.29 is 9.47 Å². The van der Waals surface area contributed by atoms with E-state index in [2.05, 4.69) is 37.0 Å². The van der Waals surface area contributed by atoms with Crippen molar-refractivity contribution >= 4 is 23.2 Å². The van der Waals surface area contributed by atoms with Crippen LogP contribution in [0.5, 0.6) is 0 Å². The van der Waals surface area contributed by atoms with Crippen LogP contribution in [0.25, 0.3) is 11.3 Å². The van der Waals surface area contributed by atoms with Crippen LogP contribution in [0.2, 0.25) is 5.02 Å². The fourth-order valence-corrected chi connectivity index (χ4v) is 4.88. The van der Waals surface area contributed by atoms with Gasteiger partial charge in [0.25, 0.3) is 0 Å². The highest BCUT2D eigenvalue weighted by atomic mass is 35.5. The molecule has 9 nitrogen and oxygen atoms in total. The van der Waals surface area contributed by atoms with Gasteiger partial charge in [-0.15, -0.1) is 0 Å². The van der Waals surface area contributed by atoms with Crippen molar-refractivity contribution in [3.63, 3.8) is 0 Å². The summed E-state index contributed by atoms with van der Waals surface area (Å²) in [5.74, 6) is 1.46. The Balaban J connectivity index is 1.38. The highest BCUT2D eigenvalue weighted by molar-refractivity contribution is 6.33. The first-order chi connectivity index (χ1) is 17.1. The zero-order valence-electron chi connectivity index (χ0n) is 20.2. The van der Waals surface area contributed by atoms with Gasteiger partial charge in [-0.3, -0.25) is 0 Å². The average Bonchev–Trinajstić information content (AvgIpc) is 2.90. The second-order valence-corrected chi connectivity index (χ2v) is 9.74. The summed E-state index contributed by atoms with van der Waals surface area (Å²) >= 11 is 6.50. The molecule has 0 spiro atoms. The number of ether oxygens (including phenoxy) is 2. The number of hydrogen-bond acceptors (Lipinski definition) is 9. The summed E-state index contributed by atoms with van der Waals surface area (Å²) in [5, 5.41) is 20.7. The molecule has 0 unspecified atom stereocenters. The van der Waals surface area contributed by atoms with Crippen LogP contribution in [0.15, 0.2) is 24.7 Å². The first-order valence-electron chi connectivity index (χ1n) is 12.3. The van der Waals surface area contributed by atoms with Gasteiger partial charge in [-0.1, -0.05) is 11.6 Å². The number of nitrogens with zero attached hydrogens (tertiary/aromatic N) is 4. The van der Waals surface area contributed by atoms with Gasteiger partial charge >= 0.3 is 0 Å². The van der Waals surface area contributed by atoms with E-state index in [1.165, 1.54) is 6.33 Å². The van der Waals surface area contributed by atoms with Gasteiger partial charge in [0.05, 0.1) is 28.8 Å². The molecule has 3 heterocycles. The molecule has 10 heteroatoms. The molecule has 2 aliphatic rings. The number of aromatic nitrogens is 3. The predicted molar refractivity (Wildman–Crippen MR) is 136 cm³/mol. The SMILES string of the molecule is COCCNC1CCC(Nc2cc(-c3cc(NCC4(C#N)CCOCC4)ncn3)c(Cl)cn2)CC1. The Morgan fingerprint density at radius 2 is 1.89 bits per heavy atom. The Kier molecular flexibility index (Phi) is 9.10. The summed E-state index contributed by atoms with van der Waals surface area (Å²) in [6.07, 6.45) is 9.02. The number of anilines is 2. The van der Waals surface area contributed by atoms with Crippen molar-refractivity contribution in [2.45, 2.75) is 50.6 Å². The van der Waals surface area contributed by atoms with Crippen molar-refractivity contribution in [3.8, 4) is 17.3 Å². The van der Waals surface area contributed by atoms with Crippen molar-refractivity contribution in [2.24, 2.45) is 5.41 Å². The summed E-state index contributed by atoms with van der Waals surface area (Å²) in [6, 6.07) is 7.21. The van der Waals surface area contributed by atoms with Gasteiger partial charge in [0.1, 0.15) is 18.0 Å². The van der Waals surface area contributed by atoms with E-state index in [1.54, 1.807) is 13.3 Å². The number of rotatable bonds is 10. The van der Waals surface area contributed by atoms with Crippen LogP contribution in [0, 0.1) is 16.7 Å². The summed E-state index contributed by atoms with van der Waals surface area (Å²) in [7, 11) is 1.73. The third-order valence-corrected chi connectivity index (χ3v) is 7.21. The molecule has 0 bridgehead atoms. The fourth-order valence-electron chi connectivity index (χ4n) is 4.68. The number of nitriles is 1. The molecule has 35 heavy (non-hydrogen) atoms. The van der Waals surface area contributed by atoms with Gasteiger partial charge in [-0.2, -0.15) is 5.26 Å². The summed E-state index contributed by atoms with van der Waals surface area (Å²) < 4.78 is 10.5.